The number of nitrogens with one attached hydrogen (secondary N) is 2. The summed E-state index contributed by atoms with van der Waals surface area (Å²) in [7, 11) is 0. The fourth-order valence-electron chi connectivity index (χ4n) is 3.04. The quantitative estimate of drug-likeness (QED) is 0.621. The largest absolute Gasteiger partial charge is 0.462 e. The van der Waals surface area contributed by atoms with Gasteiger partial charge in [-0.15, -0.1) is 0 Å². The zero-order valence-electron chi connectivity index (χ0n) is 17.3. The standard InChI is InChI=1S/C23H27N3O4/c1-3-26(20-10-6-8-17(14-20)23(29)30-4-2)15-21(27)24-19-9-5-7-16(13-19)22(28)25-18-11-12-18/h5-10,13-14,18H,3-4,11-12,15H2,1-2H3,(H,24,27)(H,25,28). The van der Waals surface area contributed by atoms with Crippen LogP contribution in [0.15, 0.2) is 48.5 Å². The molecule has 3 rings (SSSR count). The number of hydrogen-bond acceptors (Lipinski definition) is 5. The molecule has 2 N–H and O–H groups in total. The van der Waals surface area contributed by atoms with Gasteiger partial charge < -0.3 is 20.3 Å². The van der Waals surface area contributed by atoms with Crippen LogP contribution in [0.1, 0.15) is 47.4 Å². The highest BCUT2D eigenvalue weighted by Gasteiger charge is 2.24. The van der Waals surface area contributed by atoms with E-state index in [2.05, 4.69) is 10.6 Å². The van der Waals surface area contributed by atoms with Gasteiger partial charge in [0.15, 0.2) is 0 Å². The number of hydrogen-bond donors (Lipinski definition) is 2. The van der Waals surface area contributed by atoms with Crippen LogP contribution in [-0.4, -0.2) is 43.5 Å². The lowest BCUT2D eigenvalue weighted by Crippen LogP contribution is -2.33. The Morgan fingerprint density at radius 1 is 1.03 bits per heavy atom. The van der Waals surface area contributed by atoms with E-state index >= 15 is 0 Å². The van der Waals surface area contributed by atoms with E-state index in [-0.39, 0.29) is 30.4 Å². The van der Waals surface area contributed by atoms with Crippen molar-refractivity contribution < 1.29 is 19.1 Å². The van der Waals surface area contributed by atoms with Crippen LogP contribution in [0.5, 0.6) is 0 Å². The Kier molecular flexibility index (Phi) is 7.06. The summed E-state index contributed by atoms with van der Waals surface area (Å²) < 4.78 is 5.05. The molecule has 0 aromatic heterocycles. The zero-order valence-corrected chi connectivity index (χ0v) is 17.3. The minimum absolute atomic E-state index is 0.112. The number of esters is 1. The smallest absolute Gasteiger partial charge is 0.338 e. The van der Waals surface area contributed by atoms with E-state index in [4.69, 9.17) is 4.74 Å². The van der Waals surface area contributed by atoms with Crippen LogP contribution in [-0.2, 0) is 9.53 Å². The van der Waals surface area contributed by atoms with Crippen LogP contribution in [0, 0.1) is 0 Å². The topological polar surface area (TPSA) is 87.7 Å². The van der Waals surface area contributed by atoms with Gasteiger partial charge in [0.2, 0.25) is 5.91 Å². The van der Waals surface area contributed by atoms with E-state index in [1.165, 1.54) is 0 Å². The fraction of sp³-hybridized carbons (Fsp3) is 0.348. The minimum Gasteiger partial charge on any atom is -0.462 e. The molecular formula is C23H27N3O4. The predicted octanol–water partition coefficient (Wildman–Crippen LogP) is 3.22. The molecule has 0 unspecified atom stereocenters. The van der Waals surface area contributed by atoms with Crippen molar-refractivity contribution in [3.8, 4) is 0 Å². The van der Waals surface area contributed by atoms with E-state index in [9.17, 15) is 14.4 Å². The van der Waals surface area contributed by atoms with Gasteiger partial charge in [0.1, 0.15) is 0 Å². The molecule has 158 valence electrons. The molecule has 0 saturated heterocycles. The summed E-state index contributed by atoms with van der Waals surface area (Å²) in [6, 6.07) is 14.2. The number of carbonyl (C=O) groups is 3. The second kappa shape index (κ2) is 9.91. The summed E-state index contributed by atoms with van der Waals surface area (Å²) in [5.74, 6) is -0.723. The maximum atomic E-state index is 12.6. The predicted molar refractivity (Wildman–Crippen MR) is 116 cm³/mol. The molecular weight excluding hydrogens is 382 g/mol. The number of benzene rings is 2. The Morgan fingerprint density at radius 3 is 2.47 bits per heavy atom. The van der Waals surface area contributed by atoms with Gasteiger partial charge in [0.25, 0.3) is 5.91 Å². The molecule has 2 aromatic carbocycles. The Morgan fingerprint density at radius 2 is 1.77 bits per heavy atom. The number of ether oxygens (including phenoxy) is 1. The third-order valence-corrected chi connectivity index (χ3v) is 4.76. The van der Waals surface area contributed by atoms with Crippen LogP contribution in [0.3, 0.4) is 0 Å². The summed E-state index contributed by atoms with van der Waals surface area (Å²) in [5, 5.41) is 5.79. The van der Waals surface area contributed by atoms with Crippen molar-refractivity contribution in [3.05, 3.63) is 59.7 Å². The number of carbonyl (C=O) groups excluding carboxylic acids is 3. The van der Waals surface area contributed by atoms with Gasteiger partial charge in [-0.3, -0.25) is 9.59 Å². The van der Waals surface area contributed by atoms with Crippen molar-refractivity contribution in [1.29, 1.82) is 0 Å². The van der Waals surface area contributed by atoms with Gasteiger partial charge in [-0.2, -0.15) is 0 Å². The second-order valence-corrected chi connectivity index (χ2v) is 7.16. The van der Waals surface area contributed by atoms with Gasteiger partial charge in [-0.1, -0.05) is 12.1 Å². The summed E-state index contributed by atoms with van der Waals surface area (Å²) in [5.41, 5.74) is 2.30. The molecule has 1 aliphatic carbocycles. The third kappa shape index (κ3) is 5.83. The van der Waals surface area contributed by atoms with Crippen molar-refractivity contribution in [2.75, 3.05) is 29.9 Å². The first-order chi connectivity index (χ1) is 14.5. The lowest BCUT2D eigenvalue weighted by Gasteiger charge is -2.23. The first kappa shape index (κ1) is 21.4. The minimum atomic E-state index is -0.388. The summed E-state index contributed by atoms with van der Waals surface area (Å²) >= 11 is 0. The van der Waals surface area contributed by atoms with Crippen molar-refractivity contribution in [3.63, 3.8) is 0 Å². The molecule has 7 heteroatoms. The maximum absolute atomic E-state index is 12.6. The SMILES string of the molecule is CCOC(=O)c1cccc(N(CC)CC(=O)Nc2cccc(C(=O)NC3CC3)c2)c1. The van der Waals surface area contributed by atoms with Gasteiger partial charge >= 0.3 is 5.97 Å². The summed E-state index contributed by atoms with van der Waals surface area (Å²) in [4.78, 5) is 38.6. The van der Waals surface area contributed by atoms with E-state index < -0.39 is 0 Å². The highest BCUT2D eigenvalue weighted by atomic mass is 16.5. The van der Waals surface area contributed by atoms with Crippen LogP contribution in [0.4, 0.5) is 11.4 Å². The number of rotatable bonds is 9. The Bertz CT molecular complexity index is 924. The summed E-state index contributed by atoms with van der Waals surface area (Å²) in [6.07, 6.45) is 2.04. The van der Waals surface area contributed by atoms with Crippen molar-refractivity contribution in [1.82, 2.24) is 5.32 Å². The Hall–Kier alpha value is -3.35. The first-order valence-electron chi connectivity index (χ1n) is 10.2. The van der Waals surface area contributed by atoms with E-state index in [0.29, 0.717) is 30.0 Å². The molecule has 0 radical (unpaired) electrons. The first-order valence-corrected chi connectivity index (χ1v) is 10.2. The second-order valence-electron chi connectivity index (χ2n) is 7.16. The average molecular weight is 409 g/mol. The molecule has 2 amide bonds. The maximum Gasteiger partial charge on any atom is 0.338 e. The summed E-state index contributed by atoms with van der Waals surface area (Å²) in [6.45, 7) is 4.70. The van der Waals surface area contributed by atoms with Gasteiger partial charge in [-0.05, 0) is 63.1 Å². The van der Waals surface area contributed by atoms with Crippen LogP contribution >= 0.6 is 0 Å². The molecule has 0 atom stereocenters. The zero-order chi connectivity index (χ0) is 21.5. The van der Waals surface area contributed by atoms with Crippen molar-refractivity contribution in [2.24, 2.45) is 0 Å². The van der Waals surface area contributed by atoms with E-state index in [0.717, 1.165) is 18.5 Å². The van der Waals surface area contributed by atoms with Gasteiger partial charge in [0, 0.05) is 29.5 Å². The number of amides is 2. The van der Waals surface area contributed by atoms with Crippen LogP contribution in [0.2, 0.25) is 0 Å². The highest BCUT2D eigenvalue weighted by molar-refractivity contribution is 5.98. The molecule has 0 heterocycles. The van der Waals surface area contributed by atoms with Crippen LogP contribution < -0.4 is 15.5 Å². The molecule has 2 aromatic rings. The van der Waals surface area contributed by atoms with Gasteiger partial charge in [0.05, 0.1) is 18.7 Å². The molecule has 0 bridgehead atoms. The fourth-order valence-corrected chi connectivity index (χ4v) is 3.04. The average Bonchev–Trinajstić information content (AvgIpc) is 3.56. The Labute approximate surface area is 176 Å². The van der Waals surface area contributed by atoms with Crippen LogP contribution in [0.25, 0.3) is 0 Å². The van der Waals surface area contributed by atoms with Crippen molar-refractivity contribution >= 4 is 29.2 Å². The lowest BCUT2D eigenvalue weighted by atomic mass is 10.1. The highest BCUT2D eigenvalue weighted by Crippen LogP contribution is 2.20. The van der Waals surface area contributed by atoms with Gasteiger partial charge in [-0.25, -0.2) is 4.79 Å². The number of likely N-dealkylation sites (N-methyl/N-ethyl adjacent to an activating group) is 1. The monoisotopic (exact) mass is 409 g/mol. The molecule has 7 nitrogen and oxygen atoms in total. The van der Waals surface area contributed by atoms with E-state index in [1.54, 1.807) is 49.4 Å². The Balaban J connectivity index is 1.64. The normalized spacial score (nSPS) is 12.7. The number of anilines is 2. The molecule has 0 aliphatic heterocycles. The molecule has 30 heavy (non-hydrogen) atoms. The lowest BCUT2D eigenvalue weighted by molar-refractivity contribution is -0.115. The molecule has 1 aliphatic rings. The molecule has 1 fully saturated rings. The third-order valence-electron chi connectivity index (χ3n) is 4.76. The van der Waals surface area contributed by atoms with E-state index in [1.807, 2.05) is 17.9 Å². The molecule has 1 saturated carbocycles. The molecule has 0 spiro atoms. The van der Waals surface area contributed by atoms with Crippen molar-refractivity contribution in [2.45, 2.75) is 32.7 Å². The number of nitrogens with zero attached hydrogens (tertiary/aromatic N) is 1.